The van der Waals surface area contributed by atoms with Gasteiger partial charge in [0.05, 0.1) is 16.3 Å². The van der Waals surface area contributed by atoms with E-state index in [-0.39, 0.29) is 17.6 Å². The van der Waals surface area contributed by atoms with E-state index in [4.69, 9.17) is 23.1 Å². The highest BCUT2D eigenvalue weighted by atomic mass is 35.5. The second-order valence-electron chi connectivity index (χ2n) is 6.41. The van der Waals surface area contributed by atoms with Crippen molar-refractivity contribution >= 4 is 46.7 Å². The molecule has 0 aliphatic heterocycles. The molecular formula is C20H20ClN7O2. The van der Waals surface area contributed by atoms with Gasteiger partial charge in [0.15, 0.2) is 0 Å². The van der Waals surface area contributed by atoms with Gasteiger partial charge >= 0.3 is 6.03 Å². The number of halogens is 1. The van der Waals surface area contributed by atoms with Crippen molar-refractivity contribution in [2.24, 2.45) is 11.5 Å². The summed E-state index contributed by atoms with van der Waals surface area (Å²) in [5.74, 6) is -0.139. The van der Waals surface area contributed by atoms with Crippen LogP contribution in [-0.4, -0.2) is 21.9 Å². The van der Waals surface area contributed by atoms with Gasteiger partial charge < -0.3 is 27.4 Å². The van der Waals surface area contributed by atoms with E-state index in [1.165, 1.54) is 6.20 Å². The third-order valence-electron chi connectivity index (χ3n) is 4.19. The molecule has 0 bridgehead atoms. The first-order valence-corrected chi connectivity index (χ1v) is 9.32. The Balaban J connectivity index is 1.87. The van der Waals surface area contributed by atoms with Crippen LogP contribution >= 0.6 is 11.6 Å². The molecule has 0 radical (unpaired) electrons. The molecule has 154 valence electrons. The van der Waals surface area contributed by atoms with Gasteiger partial charge in [0, 0.05) is 17.9 Å². The average Bonchev–Trinajstić information content (AvgIpc) is 2.71. The lowest BCUT2D eigenvalue weighted by Gasteiger charge is -2.17. The van der Waals surface area contributed by atoms with Crippen LogP contribution in [0.2, 0.25) is 5.02 Å². The number of hydrogen-bond donors (Lipinski definition) is 5. The number of carbonyl (C=O) groups is 2. The lowest BCUT2D eigenvalue weighted by atomic mass is 10.1. The van der Waals surface area contributed by atoms with Gasteiger partial charge in [0.2, 0.25) is 5.95 Å². The summed E-state index contributed by atoms with van der Waals surface area (Å²) in [6.45, 7) is 1.94. The van der Waals surface area contributed by atoms with Gasteiger partial charge in [0.25, 0.3) is 5.91 Å². The summed E-state index contributed by atoms with van der Waals surface area (Å²) in [5.41, 5.74) is 12.7. The molecule has 3 amide bonds. The second kappa shape index (κ2) is 9.10. The van der Waals surface area contributed by atoms with Crippen LogP contribution in [0.3, 0.4) is 0 Å². The van der Waals surface area contributed by atoms with Gasteiger partial charge in [-0.25, -0.2) is 9.78 Å². The van der Waals surface area contributed by atoms with E-state index in [0.29, 0.717) is 22.2 Å². The summed E-state index contributed by atoms with van der Waals surface area (Å²) < 4.78 is 0. The van der Waals surface area contributed by atoms with Crippen LogP contribution in [0, 0.1) is 0 Å². The maximum Gasteiger partial charge on any atom is 0.316 e. The summed E-state index contributed by atoms with van der Waals surface area (Å²) in [6.07, 6.45) is 1.34. The van der Waals surface area contributed by atoms with E-state index < -0.39 is 11.9 Å². The average molecular weight is 426 g/mol. The minimum atomic E-state index is -0.738. The number of hydrogen-bond acceptors (Lipinski definition) is 6. The van der Waals surface area contributed by atoms with Crippen molar-refractivity contribution in [1.82, 2.24) is 9.97 Å². The number of nitrogens with zero attached hydrogens (tertiary/aromatic N) is 2. The Hall–Kier alpha value is -3.85. The SMILES string of the molecule is CC(Nc1nc(Nc2ccc(Cl)c(NC(N)=O)c2)ncc1C(N)=O)c1ccccc1. The normalized spacial score (nSPS) is 11.4. The van der Waals surface area contributed by atoms with E-state index in [1.54, 1.807) is 18.2 Å². The van der Waals surface area contributed by atoms with E-state index >= 15 is 0 Å². The maximum absolute atomic E-state index is 11.8. The quantitative estimate of drug-likeness (QED) is 0.390. The molecule has 0 saturated heterocycles. The van der Waals surface area contributed by atoms with Gasteiger partial charge in [0.1, 0.15) is 5.82 Å². The van der Waals surface area contributed by atoms with Gasteiger partial charge in [-0.2, -0.15) is 4.98 Å². The Kier molecular flexibility index (Phi) is 6.33. The number of benzene rings is 2. The number of urea groups is 1. The van der Waals surface area contributed by atoms with Gasteiger partial charge in [-0.1, -0.05) is 41.9 Å². The minimum absolute atomic E-state index is 0.131. The predicted octanol–water partition coefficient (Wildman–Crippen LogP) is 3.64. The summed E-state index contributed by atoms with van der Waals surface area (Å²) in [4.78, 5) is 31.5. The molecule has 0 aliphatic rings. The van der Waals surface area contributed by atoms with Crippen molar-refractivity contribution in [3.8, 4) is 0 Å². The summed E-state index contributed by atoms with van der Waals surface area (Å²) in [5, 5.41) is 8.95. The fraction of sp³-hybridized carbons (Fsp3) is 0.100. The molecule has 2 aromatic carbocycles. The van der Waals surface area contributed by atoms with Crippen LogP contribution < -0.4 is 27.4 Å². The van der Waals surface area contributed by atoms with Crippen LogP contribution in [0.5, 0.6) is 0 Å². The first kappa shape index (κ1) is 20.9. The maximum atomic E-state index is 11.8. The Labute approximate surface area is 177 Å². The van der Waals surface area contributed by atoms with Gasteiger partial charge in [-0.3, -0.25) is 4.79 Å². The Morgan fingerprint density at radius 1 is 1.10 bits per heavy atom. The highest BCUT2D eigenvalue weighted by Crippen LogP contribution is 2.27. The minimum Gasteiger partial charge on any atom is -0.365 e. The zero-order valence-electron chi connectivity index (χ0n) is 16.0. The monoisotopic (exact) mass is 425 g/mol. The van der Waals surface area contributed by atoms with Crippen LogP contribution in [0.25, 0.3) is 0 Å². The lowest BCUT2D eigenvalue weighted by Crippen LogP contribution is -2.19. The third kappa shape index (κ3) is 5.15. The van der Waals surface area contributed by atoms with Crippen molar-refractivity contribution in [2.75, 3.05) is 16.0 Å². The number of aromatic nitrogens is 2. The Morgan fingerprint density at radius 2 is 1.83 bits per heavy atom. The van der Waals surface area contributed by atoms with E-state index in [1.807, 2.05) is 37.3 Å². The molecule has 1 unspecified atom stereocenters. The number of amides is 3. The van der Waals surface area contributed by atoms with Crippen LogP contribution in [0.15, 0.2) is 54.7 Å². The number of rotatable bonds is 7. The number of nitrogens with two attached hydrogens (primary N) is 2. The smallest absolute Gasteiger partial charge is 0.316 e. The fourth-order valence-corrected chi connectivity index (χ4v) is 2.89. The molecule has 30 heavy (non-hydrogen) atoms. The Morgan fingerprint density at radius 3 is 2.50 bits per heavy atom. The van der Waals surface area contributed by atoms with Crippen molar-refractivity contribution in [3.05, 3.63) is 70.9 Å². The molecule has 0 aliphatic carbocycles. The van der Waals surface area contributed by atoms with Crippen molar-refractivity contribution in [3.63, 3.8) is 0 Å². The number of anilines is 4. The van der Waals surface area contributed by atoms with Crippen LogP contribution in [0.4, 0.5) is 27.9 Å². The molecule has 0 spiro atoms. The largest absolute Gasteiger partial charge is 0.365 e. The molecular weight excluding hydrogens is 406 g/mol. The molecule has 0 fully saturated rings. The zero-order valence-corrected chi connectivity index (χ0v) is 16.8. The molecule has 0 saturated carbocycles. The molecule has 1 atom stereocenters. The second-order valence-corrected chi connectivity index (χ2v) is 6.81. The molecule has 3 aromatic rings. The fourth-order valence-electron chi connectivity index (χ4n) is 2.72. The molecule has 1 heterocycles. The summed E-state index contributed by atoms with van der Waals surface area (Å²) >= 11 is 6.05. The number of nitrogens with one attached hydrogen (secondary N) is 3. The summed E-state index contributed by atoms with van der Waals surface area (Å²) in [6, 6.07) is 13.7. The van der Waals surface area contributed by atoms with Crippen molar-refractivity contribution in [2.45, 2.75) is 13.0 Å². The summed E-state index contributed by atoms with van der Waals surface area (Å²) in [7, 11) is 0. The van der Waals surface area contributed by atoms with Gasteiger partial charge in [-0.05, 0) is 30.7 Å². The Bertz CT molecular complexity index is 1080. The topological polar surface area (TPSA) is 148 Å². The third-order valence-corrected chi connectivity index (χ3v) is 4.52. The highest BCUT2D eigenvalue weighted by Gasteiger charge is 2.15. The number of primary amides is 2. The molecule has 3 rings (SSSR count). The number of carbonyl (C=O) groups excluding carboxylic acids is 2. The van der Waals surface area contributed by atoms with Crippen LogP contribution in [-0.2, 0) is 0 Å². The van der Waals surface area contributed by atoms with E-state index in [9.17, 15) is 9.59 Å². The first-order chi connectivity index (χ1) is 14.3. The highest BCUT2D eigenvalue weighted by molar-refractivity contribution is 6.33. The molecule has 9 nitrogen and oxygen atoms in total. The molecule has 1 aromatic heterocycles. The van der Waals surface area contributed by atoms with E-state index in [2.05, 4.69) is 25.9 Å². The molecule has 7 N–H and O–H groups in total. The first-order valence-electron chi connectivity index (χ1n) is 8.95. The molecule has 10 heteroatoms. The predicted molar refractivity (Wildman–Crippen MR) is 117 cm³/mol. The van der Waals surface area contributed by atoms with Gasteiger partial charge in [-0.15, -0.1) is 0 Å². The zero-order chi connectivity index (χ0) is 21.7. The lowest BCUT2D eigenvalue weighted by molar-refractivity contribution is 0.100. The van der Waals surface area contributed by atoms with Crippen molar-refractivity contribution < 1.29 is 9.59 Å². The van der Waals surface area contributed by atoms with Crippen molar-refractivity contribution in [1.29, 1.82) is 0 Å². The van der Waals surface area contributed by atoms with E-state index in [0.717, 1.165) is 5.56 Å². The standard InChI is InChI=1S/C20H20ClN7O2/c1-11(12-5-3-2-4-6-12)25-18-14(17(22)29)10-24-20(28-18)26-13-7-8-15(21)16(9-13)27-19(23)30/h2-11H,1H3,(H2,22,29)(H3,23,27,30)(H2,24,25,26,28). The van der Waals surface area contributed by atoms with Crippen LogP contribution in [0.1, 0.15) is 28.9 Å².